The summed E-state index contributed by atoms with van der Waals surface area (Å²) >= 11 is 0. The van der Waals surface area contributed by atoms with Crippen LogP contribution in [0.4, 0.5) is 0 Å². The third-order valence-electron chi connectivity index (χ3n) is 4.23. The first kappa shape index (κ1) is 20.4. The van der Waals surface area contributed by atoms with Gasteiger partial charge in [0, 0.05) is 18.7 Å². The smallest absolute Gasteiger partial charge is 0.254 e. The normalized spacial score (nSPS) is 18.4. The van der Waals surface area contributed by atoms with Gasteiger partial charge in [-0.25, -0.2) is 8.42 Å². The summed E-state index contributed by atoms with van der Waals surface area (Å²) in [4.78, 5) is 14.4. The van der Waals surface area contributed by atoms with E-state index in [2.05, 4.69) is 0 Å². The summed E-state index contributed by atoms with van der Waals surface area (Å²) < 4.78 is 40.3. The summed E-state index contributed by atoms with van der Waals surface area (Å²) in [5.74, 6) is 1.21. The van der Waals surface area contributed by atoms with Crippen LogP contribution in [0.25, 0.3) is 0 Å². The van der Waals surface area contributed by atoms with Crippen molar-refractivity contribution in [1.82, 2.24) is 4.90 Å². The summed E-state index contributed by atoms with van der Waals surface area (Å²) in [6.45, 7) is 6.83. The first-order valence-electron chi connectivity index (χ1n) is 8.86. The number of carbonyl (C=O) groups is 1. The van der Waals surface area contributed by atoms with Crippen molar-refractivity contribution >= 4 is 15.7 Å². The van der Waals surface area contributed by atoms with Crippen molar-refractivity contribution in [1.29, 1.82) is 0 Å². The fourth-order valence-electron chi connectivity index (χ4n) is 2.96. The van der Waals surface area contributed by atoms with Gasteiger partial charge in [-0.05, 0) is 39.3 Å². The molecule has 1 amide bonds. The van der Waals surface area contributed by atoms with Crippen LogP contribution in [0.3, 0.4) is 0 Å². The molecule has 146 valence electrons. The molecule has 0 aromatic heterocycles. The van der Waals surface area contributed by atoms with E-state index < -0.39 is 9.84 Å². The van der Waals surface area contributed by atoms with Crippen LogP contribution in [0.2, 0.25) is 0 Å². The molecule has 1 aromatic rings. The van der Waals surface area contributed by atoms with Crippen LogP contribution >= 0.6 is 0 Å². The van der Waals surface area contributed by atoms with Crippen molar-refractivity contribution in [2.24, 2.45) is 0 Å². The van der Waals surface area contributed by atoms with Crippen LogP contribution in [0, 0.1) is 0 Å². The second-order valence-electron chi connectivity index (χ2n) is 6.07. The molecule has 0 radical (unpaired) electrons. The Hall–Kier alpha value is -1.96. The molecule has 1 atom stereocenters. The molecule has 0 spiro atoms. The third kappa shape index (κ3) is 4.60. The molecular weight excluding hydrogens is 358 g/mol. The van der Waals surface area contributed by atoms with E-state index in [4.69, 9.17) is 14.2 Å². The maximum atomic E-state index is 12.9. The van der Waals surface area contributed by atoms with Gasteiger partial charge in [-0.2, -0.15) is 0 Å². The number of sulfone groups is 1. The lowest BCUT2D eigenvalue weighted by Crippen LogP contribution is -2.37. The van der Waals surface area contributed by atoms with E-state index in [1.54, 1.807) is 19.2 Å². The van der Waals surface area contributed by atoms with E-state index in [1.807, 2.05) is 20.8 Å². The third-order valence-corrected chi connectivity index (χ3v) is 5.98. The zero-order valence-corrected chi connectivity index (χ0v) is 16.6. The summed E-state index contributed by atoms with van der Waals surface area (Å²) in [5.41, 5.74) is 0.382. The van der Waals surface area contributed by atoms with E-state index in [0.717, 1.165) is 0 Å². The number of carbonyl (C=O) groups excluding carboxylic acids is 1. The molecule has 1 fully saturated rings. The van der Waals surface area contributed by atoms with Gasteiger partial charge in [-0.1, -0.05) is 0 Å². The zero-order valence-electron chi connectivity index (χ0n) is 15.8. The van der Waals surface area contributed by atoms with Gasteiger partial charge in [0.05, 0.1) is 31.3 Å². The monoisotopic (exact) mass is 385 g/mol. The van der Waals surface area contributed by atoms with Gasteiger partial charge in [-0.15, -0.1) is 0 Å². The number of hydrogen-bond acceptors (Lipinski definition) is 6. The highest BCUT2D eigenvalue weighted by atomic mass is 32.2. The minimum Gasteiger partial charge on any atom is -0.490 e. The van der Waals surface area contributed by atoms with E-state index >= 15 is 0 Å². The van der Waals surface area contributed by atoms with Crippen LogP contribution in [-0.2, 0) is 9.84 Å². The van der Waals surface area contributed by atoms with E-state index in [1.165, 1.54) is 4.90 Å². The number of nitrogens with zero attached hydrogens (tertiary/aromatic N) is 1. The molecule has 0 saturated carbocycles. The molecule has 2 rings (SSSR count). The molecule has 0 bridgehead atoms. The van der Waals surface area contributed by atoms with E-state index in [9.17, 15) is 13.2 Å². The first-order valence-corrected chi connectivity index (χ1v) is 10.7. The molecule has 0 unspecified atom stereocenters. The molecule has 0 N–H and O–H groups in total. The average Bonchev–Trinajstić information content (AvgIpc) is 2.96. The maximum absolute atomic E-state index is 12.9. The van der Waals surface area contributed by atoms with Gasteiger partial charge < -0.3 is 19.1 Å². The van der Waals surface area contributed by atoms with Gasteiger partial charge in [0.15, 0.2) is 21.3 Å². The lowest BCUT2D eigenvalue weighted by Gasteiger charge is -2.24. The van der Waals surface area contributed by atoms with Crippen LogP contribution < -0.4 is 14.2 Å². The number of benzene rings is 1. The van der Waals surface area contributed by atoms with Crippen LogP contribution in [0.5, 0.6) is 17.2 Å². The summed E-state index contributed by atoms with van der Waals surface area (Å²) in [7, 11) is -1.44. The Morgan fingerprint density at radius 1 is 1.08 bits per heavy atom. The number of ether oxygens (including phenoxy) is 3. The van der Waals surface area contributed by atoms with Gasteiger partial charge in [-0.3, -0.25) is 4.79 Å². The van der Waals surface area contributed by atoms with E-state index in [0.29, 0.717) is 49.1 Å². The van der Waals surface area contributed by atoms with Crippen molar-refractivity contribution in [2.75, 3.05) is 38.4 Å². The van der Waals surface area contributed by atoms with E-state index in [-0.39, 0.29) is 23.5 Å². The maximum Gasteiger partial charge on any atom is 0.254 e. The fourth-order valence-corrected chi connectivity index (χ4v) is 4.74. The van der Waals surface area contributed by atoms with Crippen molar-refractivity contribution in [3.63, 3.8) is 0 Å². The molecule has 1 saturated heterocycles. The van der Waals surface area contributed by atoms with Gasteiger partial charge >= 0.3 is 0 Å². The molecule has 26 heavy (non-hydrogen) atoms. The zero-order chi connectivity index (χ0) is 19.3. The Labute approximate surface area is 155 Å². The Kier molecular flexibility index (Phi) is 6.75. The van der Waals surface area contributed by atoms with Crippen LogP contribution in [-0.4, -0.2) is 63.6 Å². The molecule has 1 aliphatic rings. The average molecular weight is 385 g/mol. The molecule has 1 heterocycles. The van der Waals surface area contributed by atoms with Crippen molar-refractivity contribution in [2.45, 2.75) is 33.2 Å². The quantitative estimate of drug-likeness (QED) is 0.682. The van der Waals surface area contributed by atoms with Gasteiger partial charge in [0.2, 0.25) is 5.75 Å². The summed E-state index contributed by atoms with van der Waals surface area (Å²) in [5, 5.41) is 0. The number of amides is 1. The SMILES string of the molecule is CCOc1cc(C(=O)N(C)[C@@H]2CCS(=O)(=O)C2)cc(OCC)c1OCC. The number of rotatable bonds is 8. The summed E-state index contributed by atoms with van der Waals surface area (Å²) in [6, 6.07) is 2.93. The predicted molar refractivity (Wildman–Crippen MR) is 99.1 cm³/mol. The Balaban J connectivity index is 2.36. The minimum absolute atomic E-state index is 0.00288. The first-order chi connectivity index (χ1) is 12.3. The van der Waals surface area contributed by atoms with Crippen LogP contribution in [0.1, 0.15) is 37.6 Å². The molecule has 8 heteroatoms. The molecule has 1 aliphatic heterocycles. The summed E-state index contributed by atoms with van der Waals surface area (Å²) in [6.07, 6.45) is 0.457. The highest BCUT2D eigenvalue weighted by Gasteiger charge is 2.33. The minimum atomic E-state index is -3.07. The largest absolute Gasteiger partial charge is 0.490 e. The predicted octanol–water partition coefficient (Wildman–Crippen LogP) is 2.14. The lowest BCUT2D eigenvalue weighted by atomic mass is 10.1. The molecule has 0 aliphatic carbocycles. The second kappa shape index (κ2) is 8.62. The van der Waals surface area contributed by atoms with Crippen LogP contribution in [0.15, 0.2) is 12.1 Å². The Bertz CT molecular complexity index is 719. The Morgan fingerprint density at radius 2 is 1.62 bits per heavy atom. The van der Waals surface area contributed by atoms with Crippen molar-refractivity contribution in [3.8, 4) is 17.2 Å². The second-order valence-corrected chi connectivity index (χ2v) is 8.30. The molecule has 1 aromatic carbocycles. The highest BCUT2D eigenvalue weighted by molar-refractivity contribution is 7.91. The highest BCUT2D eigenvalue weighted by Crippen LogP contribution is 2.39. The Morgan fingerprint density at radius 3 is 2.04 bits per heavy atom. The van der Waals surface area contributed by atoms with Crippen molar-refractivity contribution in [3.05, 3.63) is 17.7 Å². The standard InChI is InChI=1S/C18H27NO6S/c1-5-23-15-10-13(11-16(24-6-2)17(15)25-7-3)18(20)19(4)14-8-9-26(21,22)12-14/h10-11,14H,5-9,12H2,1-4H3/t14-/m1/s1. The fraction of sp³-hybridized carbons (Fsp3) is 0.611. The van der Waals surface area contributed by atoms with Gasteiger partial charge in [0.1, 0.15) is 0 Å². The van der Waals surface area contributed by atoms with Gasteiger partial charge in [0.25, 0.3) is 5.91 Å². The van der Waals surface area contributed by atoms with Crippen molar-refractivity contribution < 1.29 is 27.4 Å². The number of hydrogen-bond donors (Lipinski definition) is 0. The lowest BCUT2D eigenvalue weighted by molar-refractivity contribution is 0.0746. The topological polar surface area (TPSA) is 82.1 Å². The molecular formula is C18H27NO6S. The molecule has 7 nitrogen and oxygen atoms in total.